The average Bonchev–Trinajstić information content (AvgIpc) is 2.26. The molecule has 0 aromatic heterocycles. The zero-order chi connectivity index (χ0) is 10.4. The van der Waals surface area contributed by atoms with Crippen molar-refractivity contribution in [2.75, 3.05) is 6.26 Å². The Kier molecular flexibility index (Phi) is 4.53. The Morgan fingerprint density at radius 1 is 1.36 bits per heavy atom. The van der Waals surface area contributed by atoms with Crippen molar-refractivity contribution in [2.24, 2.45) is 5.16 Å². The molecule has 1 aromatic carbocycles. The van der Waals surface area contributed by atoms with Gasteiger partial charge in [-0.1, -0.05) is 30.6 Å². The number of oxime groups is 1. The fourth-order valence-electron chi connectivity index (χ4n) is 1.27. The standard InChI is InChI=1S/C11H15NOS/c1-3-4-11(12-13)9-5-7-10(14-2)8-6-9/h5-8,13H,3-4H2,1-2H3/b12-11+. The van der Waals surface area contributed by atoms with Gasteiger partial charge in [0.2, 0.25) is 0 Å². The van der Waals surface area contributed by atoms with Crippen LogP contribution in [-0.2, 0) is 0 Å². The summed E-state index contributed by atoms with van der Waals surface area (Å²) in [4.78, 5) is 1.22. The molecule has 0 fully saturated rings. The number of thioether (sulfide) groups is 1. The monoisotopic (exact) mass is 209 g/mol. The third kappa shape index (κ3) is 2.77. The minimum Gasteiger partial charge on any atom is -0.411 e. The molecule has 0 atom stereocenters. The second-order valence-corrected chi connectivity index (χ2v) is 3.90. The van der Waals surface area contributed by atoms with E-state index < -0.39 is 0 Å². The highest BCUT2D eigenvalue weighted by atomic mass is 32.2. The first-order valence-corrected chi connectivity index (χ1v) is 5.89. The summed E-state index contributed by atoms with van der Waals surface area (Å²) in [6.07, 6.45) is 3.85. The molecule has 0 bridgehead atoms. The largest absolute Gasteiger partial charge is 0.411 e. The van der Waals surface area contributed by atoms with Gasteiger partial charge in [-0.25, -0.2) is 0 Å². The van der Waals surface area contributed by atoms with E-state index >= 15 is 0 Å². The molecular weight excluding hydrogens is 194 g/mol. The third-order valence-corrected chi connectivity index (χ3v) is 2.77. The lowest BCUT2D eigenvalue weighted by Crippen LogP contribution is -1.99. The number of rotatable bonds is 4. The van der Waals surface area contributed by atoms with Crippen molar-refractivity contribution in [3.8, 4) is 0 Å². The Morgan fingerprint density at radius 3 is 2.43 bits per heavy atom. The Morgan fingerprint density at radius 2 is 2.00 bits per heavy atom. The van der Waals surface area contributed by atoms with Gasteiger partial charge in [0, 0.05) is 4.90 Å². The van der Waals surface area contributed by atoms with Crippen LogP contribution in [0.4, 0.5) is 0 Å². The first-order valence-electron chi connectivity index (χ1n) is 4.67. The van der Waals surface area contributed by atoms with Gasteiger partial charge < -0.3 is 5.21 Å². The molecule has 0 aliphatic heterocycles. The molecule has 0 unspecified atom stereocenters. The van der Waals surface area contributed by atoms with Gasteiger partial charge in [-0.3, -0.25) is 0 Å². The molecule has 0 aliphatic carbocycles. The van der Waals surface area contributed by atoms with Crippen molar-refractivity contribution in [1.82, 2.24) is 0 Å². The number of benzene rings is 1. The lowest BCUT2D eigenvalue weighted by atomic mass is 10.1. The summed E-state index contributed by atoms with van der Waals surface area (Å²) in [5.74, 6) is 0. The Bertz CT molecular complexity index is 306. The topological polar surface area (TPSA) is 32.6 Å². The summed E-state index contributed by atoms with van der Waals surface area (Å²) < 4.78 is 0. The number of nitrogens with zero attached hydrogens (tertiary/aromatic N) is 1. The molecule has 1 rings (SSSR count). The summed E-state index contributed by atoms with van der Waals surface area (Å²) >= 11 is 1.71. The van der Waals surface area contributed by atoms with Crippen LogP contribution >= 0.6 is 11.8 Å². The molecule has 0 radical (unpaired) electrons. The SMILES string of the molecule is CCC/C(=N\O)c1ccc(SC)cc1. The zero-order valence-corrected chi connectivity index (χ0v) is 9.34. The van der Waals surface area contributed by atoms with Gasteiger partial charge in [0.05, 0.1) is 5.71 Å². The number of hydrogen-bond acceptors (Lipinski definition) is 3. The van der Waals surface area contributed by atoms with Crippen molar-refractivity contribution in [3.05, 3.63) is 29.8 Å². The predicted octanol–water partition coefficient (Wildman–Crippen LogP) is 3.39. The molecule has 0 saturated heterocycles. The van der Waals surface area contributed by atoms with Gasteiger partial charge in [-0.15, -0.1) is 11.8 Å². The highest BCUT2D eigenvalue weighted by Crippen LogP contribution is 2.16. The third-order valence-electron chi connectivity index (χ3n) is 2.03. The minimum atomic E-state index is 0.764. The quantitative estimate of drug-likeness (QED) is 0.357. The Balaban J connectivity index is 2.84. The fraction of sp³-hybridized carbons (Fsp3) is 0.364. The number of hydrogen-bond donors (Lipinski definition) is 1. The maximum atomic E-state index is 8.82. The maximum Gasteiger partial charge on any atom is 0.0867 e. The van der Waals surface area contributed by atoms with Crippen LogP contribution < -0.4 is 0 Å². The normalized spacial score (nSPS) is 11.7. The predicted molar refractivity (Wildman–Crippen MR) is 61.5 cm³/mol. The summed E-state index contributed by atoms with van der Waals surface area (Å²) in [5, 5.41) is 12.1. The van der Waals surface area contributed by atoms with Gasteiger partial charge in [0.25, 0.3) is 0 Å². The lowest BCUT2D eigenvalue weighted by molar-refractivity contribution is 0.318. The summed E-state index contributed by atoms with van der Waals surface area (Å²) in [5.41, 5.74) is 1.77. The van der Waals surface area contributed by atoms with E-state index in [-0.39, 0.29) is 0 Å². The first-order chi connectivity index (χ1) is 6.81. The Labute approximate surface area is 89.0 Å². The van der Waals surface area contributed by atoms with E-state index in [1.807, 2.05) is 30.5 Å². The second kappa shape index (κ2) is 5.70. The van der Waals surface area contributed by atoms with Crippen molar-refractivity contribution in [3.63, 3.8) is 0 Å². The van der Waals surface area contributed by atoms with Crippen LogP contribution in [0.3, 0.4) is 0 Å². The van der Waals surface area contributed by atoms with Crippen LogP contribution in [0.2, 0.25) is 0 Å². The molecule has 2 nitrogen and oxygen atoms in total. The maximum absolute atomic E-state index is 8.82. The molecule has 1 N–H and O–H groups in total. The van der Waals surface area contributed by atoms with E-state index in [1.54, 1.807) is 11.8 Å². The molecule has 3 heteroatoms. The highest BCUT2D eigenvalue weighted by Gasteiger charge is 2.02. The van der Waals surface area contributed by atoms with E-state index in [9.17, 15) is 0 Å². The lowest BCUT2D eigenvalue weighted by Gasteiger charge is -2.03. The van der Waals surface area contributed by atoms with Crippen LogP contribution in [-0.4, -0.2) is 17.2 Å². The molecule has 0 spiro atoms. The van der Waals surface area contributed by atoms with Gasteiger partial charge in [0.1, 0.15) is 0 Å². The second-order valence-electron chi connectivity index (χ2n) is 3.03. The van der Waals surface area contributed by atoms with Crippen LogP contribution in [0, 0.1) is 0 Å². The first kappa shape index (κ1) is 11.1. The van der Waals surface area contributed by atoms with Crippen molar-refractivity contribution in [2.45, 2.75) is 24.7 Å². The highest BCUT2D eigenvalue weighted by molar-refractivity contribution is 7.98. The summed E-state index contributed by atoms with van der Waals surface area (Å²) in [7, 11) is 0. The summed E-state index contributed by atoms with van der Waals surface area (Å²) in [6.45, 7) is 2.07. The average molecular weight is 209 g/mol. The van der Waals surface area contributed by atoms with Gasteiger partial charge in [-0.2, -0.15) is 0 Å². The van der Waals surface area contributed by atoms with Crippen LogP contribution in [0.5, 0.6) is 0 Å². The van der Waals surface area contributed by atoms with Gasteiger partial charge in [0.15, 0.2) is 0 Å². The molecule has 76 valence electrons. The molecule has 0 saturated carbocycles. The molecular formula is C11H15NOS. The van der Waals surface area contributed by atoms with Crippen LogP contribution in [0.1, 0.15) is 25.3 Å². The molecule has 1 aromatic rings. The minimum absolute atomic E-state index is 0.764. The zero-order valence-electron chi connectivity index (χ0n) is 8.53. The molecule has 0 amide bonds. The van der Waals surface area contributed by atoms with E-state index in [0.29, 0.717) is 0 Å². The molecule has 14 heavy (non-hydrogen) atoms. The Hall–Kier alpha value is -0.960. The van der Waals surface area contributed by atoms with Gasteiger partial charge in [-0.05, 0) is 30.4 Å². The van der Waals surface area contributed by atoms with Crippen molar-refractivity contribution >= 4 is 17.5 Å². The van der Waals surface area contributed by atoms with Crippen molar-refractivity contribution in [1.29, 1.82) is 0 Å². The molecule has 0 aliphatic rings. The van der Waals surface area contributed by atoms with Gasteiger partial charge >= 0.3 is 0 Å². The summed E-state index contributed by atoms with van der Waals surface area (Å²) in [6, 6.07) is 8.08. The molecule has 0 heterocycles. The van der Waals surface area contributed by atoms with E-state index in [0.717, 1.165) is 24.1 Å². The smallest absolute Gasteiger partial charge is 0.0867 e. The van der Waals surface area contributed by atoms with E-state index in [4.69, 9.17) is 5.21 Å². The van der Waals surface area contributed by atoms with E-state index in [1.165, 1.54) is 4.90 Å². The fourth-order valence-corrected chi connectivity index (χ4v) is 1.68. The van der Waals surface area contributed by atoms with Crippen LogP contribution in [0.25, 0.3) is 0 Å². The van der Waals surface area contributed by atoms with Crippen LogP contribution in [0.15, 0.2) is 34.3 Å². The van der Waals surface area contributed by atoms with Crippen molar-refractivity contribution < 1.29 is 5.21 Å². The van der Waals surface area contributed by atoms with E-state index in [2.05, 4.69) is 12.1 Å².